The number of ether oxygens (including phenoxy) is 1. The van der Waals surface area contributed by atoms with Crippen molar-refractivity contribution in [3.8, 4) is 0 Å². The van der Waals surface area contributed by atoms with Gasteiger partial charge in [0, 0.05) is 12.0 Å². The molecular formula is C15H29NO2. The number of aliphatic hydroxyl groups excluding tert-OH is 1. The Morgan fingerprint density at radius 2 is 2.00 bits per heavy atom. The highest BCUT2D eigenvalue weighted by Crippen LogP contribution is 2.46. The highest BCUT2D eigenvalue weighted by atomic mass is 16.5. The van der Waals surface area contributed by atoms with Crippen LogP contribution in [0.3, 0.4) is 0 Å². The second kappa shape index (κ2) is 5.48. The Bertz CT molecular complexity index is 268. The molecule has 0 amide bonds. The molecule has 1 aliphatic carbocycles. The van der Waals surface area contributed by atoms with Gasteiger partial charge in [0.15, 0.2) is 0 Å². The zero-order valence-electron chi connectivity index (χ0n) is 12.0. The fraction of sp³-hybridized carbons (Fsp3) is 1.00. The molecule has 3 N–H and O–H groups in total. The average molecular weight is 255 g/mol. The van der Waals surface area contributed by atoms with Crippen molar-refractivity contribution in [1.82, 2.24) is 0 Å². The van der Waals surface area contributed by atoms with Crippen molar-refractivity contribution < 1.29 is 9.84 Å². The summed E-state index contributed by atoms with van der Waals surface area (Å²) >= 11 is 0. The molecule has 1 saturated heterocycles. The normalized spacial score (nSPS) is 30.2. The summed E-state index contributed by atoms with van der Waals surface area (Å²) in [6.45, 7) is 5.04. The summed E-state index contributed by atoms with van der Waals surface area (Å²) in [5.74, 6) is 0.399. The Labute approximate surface area is 111 Å². The van der Waals surface area contributed by atoms with Gasteiger partial charge < -0.3 is 15.6 Å². The molecule has 2 atom stereocenters. The quantitative estimate of drug-likeness (QED) is 0.793. The van der Waals surface area contributed by atoms with Crippen molar-refractivity contribution in [3.63, 3.8) is 0 Å². The first kappa shape index (κ1) is 14.3. The fourth-order valence-electron chi connectivity index (χ4n) is 3.75. The van der Waals surface area contributed by atoms with Crippen molar-refractivity contribution in [3.05, 3.63) is 0 Å². The molecule has 1 heterocycles. The largest absolute Gasteiger partial charge is 0.396 e. The third kappa shape index (κ3) is 2.59. The first-order chi connectivity index (χ1) is 8.56. The van der Waals surface area contributed by atoms with E-state index in [0.29, 0.717) is 18.6 Å². The summed E-state index contributed by atoms with van der Waals surface area (Å²) in [4.78, 5) is 0. The van der Waals surface area contributed by atoms with Crippen molar-refractivity contribution in [2.24, 2.45) is 17.1 Å². The predicted molar refractivity (Wildman–Crippen MR) is 73.3 cm³/mol. The zero-order chi connectivity index (χ0) is 13.2. The first-order valence-corrected chi connectivity index (χ1v) is 7.55. The van der Waals surface area contributed by atoms with E-state index in [2.05, 4.69) is 13.8 Å². The molecule has 0 aromatic heterocycles. The Morgan fingerprint density at radius 3 is 2.50 bits per heavy atom. The smallest absolute Gasteiger partial charge is 0.0687 e. The maximum Gasteiger partial charge on any atom is 0.0687 e. The third-order valence-electron chi connectivity index (χ3n) is 5.43. The minimum atomic E-state index is -0.158. The summed E-state index contributed by atoms with van der Waals surface area (Å²) < 4.78 is 6.35. The summed E-state index contributed by atoms with van der Waals surface area (Å²) in [5.41, 5.74) is 5.96. The molecule has 106 valence electrons. The number of hydrogen-bond donors (Lipinski definition) is 2. The van der Waals surface area contributed by atoms with E-state index < -0.39 is 0 Å². The van der Waals surface area contributed by atoms with Crippen LogP contribution in [0.15, 0.2) is 0 Å². The lowest BCUT2D eigenvalue weighted by molar-refractivity contribution is -0.0662. The predicted octanol–water partition coefficient (Wildman–Crippen LogP) is 2.46. The van der Waals surface area contributed by atoms with E-state index in [1.807, 2.05) is 0 Å². The highest BCUT2D eigenvalue weighted by Gasteiger charge is 2.45. The number of hydrogen-bond acceptors (Lipinski definition) is 3. The van der Waals surface area contributed by atoms with E-state index in [1.165, 1.54) is 32.1 Å². The van der Waals surface area contributed by atoms with Crippen LogP contribution in [0.4, 0.5) is 0 Å². The summed E-state index contributed by atoms with van der Waals surface area (Å²) in [6, 6.07) is 0. The standard InChI is InChI=1S/C15H29NO2/c1-12(2)14(10-16,11-17)9-13-5-8-15(18-13)6-3-4-7-15/h12-13,17H,3-11,16H2,1-2H3. The maximum absolute atomic E-state index is 9.73. The summed E-state index contributed by atoms with van der Waals surface area (Å²) in [5, 5.41) is 9.73. The van der Waals surface area contributed by atoms with Crippen LogP contribution in [0, 0.1) is 11.3 Å². The van der Waals surface area contributed by atoms with Crippen LogP contribution in [-0.2, 0) is 4.74 Å². The van der Waals surface area contributed by atoms with Gasteiger partial charge in [-0.05, 0) is 38.0 Å². The SMILES string of the molecule is CC(C)C(CN)(CO)CC1CCC2(CCCC2)O1. The summed E-state index contributed by atoms with van der Waals surface area (Å²) in [7, 11) is 0. The van der Waals surface area contributed by atoms with E-state index in [0.717, 1.165) is 12.8 Å². The monoisotopic (exact) mass is 255 g/mol. The van der Waals surface area contributed by atoms with Gasteiger partial charge in [-0.25, -0.2) is 0 Å². The zero-order valence-corrected chi connectivity index (χ0v) is 12.0. The molecule has 1 saturated carbocycles. The molecular weight excluding hydrogens is 226 g/mol. The van der Waals surface area contributed by atoms with E-state index in [9.17, 15) is 5.11 Å². The van der Waals surface area contributed by atoms with Crippen molar-refractivity contribution in [1.29, 1.82) is 0 Å². The maximum atomic E-state index is 9.73. The van der Waals surface area contributed by atoms with Gasteiger partial charge >= 0.3 is 0 Å². The molecule has 2 unspecified atom stereocenters. The first-order valence-electron chi connectivity index (χ1n) is 7.55. The van der Waals surface area contributed by atoms with Gasteiger partial charge in [0.25, 0.3) is 0 Å². The molecule has 0 aromatic rings. The molecule has 1 aliphatic heterocycles. The Balaban J connectivity index is 1.97. The van der Waals surface area contributed by atoms with Crippen LogP contribution >= 0.6 is 0 Å². The van der Waals surface area contributed by atoms with Crippen LogP contribution in [0.25, 0.3) is 0 Å². The van der Waals surface area contributed by atoms with Crippen molar-refractivity contribution in [2.45, 2.75) is 70.5 Å². The van der Waals surface area contributed by atoms with Gasteiger partial charge in [-0.3, -0.25) is 0 Å². The molecule has 18 heavy (non-hydrogen) atoms. The Morgan fingerprint density at radius 1 is 1.33 bits per heavy atom. The van der Waals surface area contributed by atoms with Crippen LogP contribution in [0.5, 0.6) is 0 Å². The van der Waals surface area contributed by atoms with Crippen LogP contribution < -0.4 is 5.73 Å². The van der Waals surface area contributed by atoms with E-state index in [1.54, 1.807) is 0 Å². The summed E-state index contributed by atoms with van der Waals surface area (Å²) in [6.07, 6.45) is 8.69. The molecule has 2 fully saturated rings. The lowest BCUT2D eigenvalue weighted by Gasteiger charge is -2.37. The number of aliphatic hydroxyl groups is 1. The van der Waals surface area contributed by atoms with Gasteiger partial charge in [-0.2, -0.15) is 0 Å². The van der Waals surface area contributed by atoms with Gasteiger partial charge in [0.05, 0.1) is 18.3 Å². The molecule has 3 heteroatoms. The second-order valence-corrected chi connectivity index (χ2v) is 6.75. The molecule has 1 spiro atoms. The minimum Gasteiger partial charge on any atom is -0.396 e. The topological polar surface area (TPSA) is 55.5 Å². The van der Waals surface area contributed by atoms with Crippen LogP contribution in [0.1, 0.15) is 58.8 Å². The van der Waals surface area contributed by atoms with E-state index >= 15 is 0 Å². The molecule has 2 rings (SSSR count). The van der Waals surface area contributed by atoms with Crippen molar-refractivity contribution >= 4 is 0 Å². The molecule has 0 aromatic carbocycles. The number of rotatable bonds is 5. The minimum absolute atomic E-state index is 0.158. The molecule has 2 aliphatic rings. The van der Waals surface area contributed by atoms with Gasteiger partial charge in [-0.1, -0.05) is 26.7 Å². The molecule has 0 radical (unpaired) electrons. The number of nitrogens with two attached hydrogens (primary N) is 1. The Kier molecular flexibility index (Phi) is 4.35. The lowest BCUT2D eigenvalue weighted by Crippen LogP contribution is -2.42. The Hall–Kier alpha value is -0.120. The van der Waals surface area contributed by atoms with Gasteiger partial charge in [0.2, 0.25) is 0 Å². The lowest BCUT2D eigenvalue weighted by atomic mass is 9.73. The highest BCUT2D eigenvalue weighted by molar-refractivity contribution is 4.95. The van der Waals surface area contributed by atoms with Crippen LogP contribution in [0.2, 0.25) is 0 Å². The van der Waals surface area contributed by atoms with E-state index in [4.69, 9.17) is 10.5 Å². The van der Waals surface area contributed by atoms with Crippen molar-refractivity contribution in [2.75, 3.05) is 13.2 Å². The van der Waals surface area contributed by atoms with Crippen LogP contribution in [-0.4, -0.2) is 30.0 Å². The second-order valence-electron chi connectivity index (χ2n) is 6.75. The van der Waals surface area contributed by atoms with Gasteiger partial charge in [0.1, 0.15) is 0 Å². The third-order valence-corrected chi connectivity index (χ3v) is 5.43. The molecule has 3 nitrogen and oxygen atoms in total. The average Bonchev–Trinajstić information content (AvgIpc) is 2.97. The fourth-order valence-corrected chi connectivity index (χ4v) is 3.75. The van der Waals surface area contributed by atoms with E-state index in [-0.39, 0.29) is 17.6 Å². The molecule has 0 bridgehead atoms. The van der Waals surface area contributed by atoms with Gasteiger partial charge in [-0.15, -0.1) is 0 Å².